The van der Waals surface area contributed by atoms with Crippen LogP contribution in [0.1, 0.15) is 6.42 Å². The number of aliphatic hydroxyl groups is 1. The fourth-order valence-corrected chi connectivity index (χ4v) is 1.29. The molecular weight excluding hydrogens is 156 g/mol. The Labute approximate surface area is 72.8 Å². The van der Waals surface area contributed by atoms with Crippen LogP contribution in [0.5, 0.6) is 0 Å². The van der Waals surface area contributed by atoms with E-state index in [1.807, 2.05) is 4.90 Å². The van der Waals surface area contributed by atoms with E-state index in [9.17, 15) is 9.90 Å². The lowest BCUT2D eigenvalue weighted by atomic mass is 10.3. The van der Waals surface area contributed by atoms with Gasteiger partial charge in [-0.1, -0.05) is 0 Å². The molecule has 0 saturated carbocycles. The Bertz CT molecular complexity index is 170. The largest absolute Gasteiger partial charge is 0.392 e. The molecule has 0 spiro atoms. The summed E-state index contributed by atoms with van der Waals surface area (Å²) in [6.45, 7) is 1.91. The number of β-amino-alcohol motifs (C(OH)–C–C–N with tert-alkyl or cyclic N) is 1. The number of carbonyl (C=O) groups excluding carboxylic acids is 1. The Morgan fingerprint density at radius 1 is 1.67 bits per heavy atom. The number of aliphatic hydroxyl groups excluding tert-OH is 1. The van der Waals surface area contributed by atoms with Gasteiger partial charge in [-0.25, -0.2) is 0 Å². The van der Waals surface area contributed by atoms with Crippen molar-refractivity contribution in [2.75, 3.05) is 33.7 Å². The van der Waals surface area contributed by atoms with Crippen molar-refractivity contribution in [1.29, 1.82) is 0 Å². The average Bonchev–Trinajstić information content (AvgIpc) is 2.35. The number of hydrogen-bond donors (Lipinski definition) is 1. The van der Waals surface area contributed by atoms with E-state index in [-0.39, 0.29) is 12.0 Å². The van der Waals surface area contributed by atoms with Crippen molar-refractivity contribution in [2.24, 2.45) is 0 Å². The maximum atomic E-state index is 11.2. The van der Waals surface area contributed by atoms with E-state index in [0.717, 1.165) is 13.0 Å². The van der Waals surface area contributed by atoms with E-state index in [4.69, 9.17) is 0 Å². The predicted octanol–water partition coefficient (Wildman–Crippen LogP) is -0.859. The molecule has 0 bridgehead atoms. The van der Waals surface area contributed by atoms with Crippen LogP contribution in [-0.4, -0.2) is 60.6 Å². The highest BCUT2D eigenvalue weighted by molar-refractivity contribution is 5.77. The van der Waals surface area contributed by atoms with Gasteiger partial charge in [0.15, 0.2) is 0 Å². The summed E-state index contributed by atoms with van der Waals surface area (Å²) < 4.78 is 0. The zero-order valence-corrected chi connectivity index (χ0v) is 7.66. The fraction of sp³-hybridized carbons (Fsp3) is 0.875. The molecule has 1 heterocycles. The van der Waals surface area contributed by atoms with Crippen LogP contribution < -0.4 is 0 Å². The van der Waals surface area contributed by atoms with E-state index in [2.05, 4.69) is 0 Å². The van der Waals surface area contributed by atoms with Crippen LogP contribution in [0.15, 0.2) is 0 Å². The van der Waals surface area contributed by atoms with Crippen molar-refractivity contribution >= 4 is 5.91 Å². The molecule has 1 rings (SSSR count). The number of amides is 1. The van der Waals surface area contributed by atoms with Crippen molar-refractivity contribution in [1.82, 2.24) is 9.80 Å². The van der Waals surface area contributed by atoms with Crippen molar-refractivity contribution < 1.29 is 9.90 Å². The van der Waals surface area contributed by atoms with E-state index >= 15 is 0 Å². The summed E-state index contributed by atoms with van der Waals surface area (Å²) >= 11 is 0. The lowest BCUT2D eigenvalue weighted by Crippen LogP contribution is -2.35. The molecule has 1 fully saturated rings. The Morgan fingerprint density at radius 3 is 2.75 bits per heavy atom. The van der Waals surface area contributed by atoms with Gasteiger partial charge in [-0.3, -0.25) is 9.69 Å². The number of rotatable bonds is 2. The third-order valence-corrected chi connectivity index (χ3v) is 2.11. The molecule has 1 amide bonds. The topological polar surface area (TPSA) is 43.8 Å². The van der Waals surface area contributed by atoms with Crippen LogP contribution in [0.3, 0.4) is 0 Å². The molecule has 0 aliphatic carbocycles. The lowest BCUT2D eigenvalue weighted by Gasteiger charge is -2.17. The molecule has 0 radical (unpaired) electrons. The van der Waals surface area contributed by atoms with Gasteiger partial charge in [-0.15, -0.1) is 0 Å². The van der Waals surface area contributed by atoms with E-state index in [1.54, 1.807) is 19.0 Å². The molecule has 1 N–H and O–H groups in total. The van der Waals surface area contributed by atoms with Crippen LogP contribution in [0.4, 0.5) is 0 Å². The number of hydrogen-bond acceptors (Lipinski definition) is 3. The van der Waals surface area contributed by atoms with E-state index in [1.165, 1.54) is 0 Å². The average molecular weight is 172 g/mol. The Hall–Kier alpha value is -0.610. The van der Waals surface area contributed by atoms with Crippen molar-refractivity contribution in [3.05, 3.63) is 0 Å². The first-order valence-corrected chi connectivity index (χ1v) is 4.20. The first kappa shape index (κ1) is 9.48. The Balaban J connectivity index is 2.28. The zero-order chi connectivity index (χ0) is 9.14. The maximum Gasteiger partial charge on any atom is 0.236 e. The van der Waals surface area contributed by atoms with Crippen LogP contribution in [-0.2, 0) is 4.79 Å². The molecule has 1 atom stereocenters. The predicted molar refractivity (Wildman–Crippen MR) is 45.8 cm³/mol. The molecular formula is C8H16N2O2. The van der Waals surface area contributed by atoms with Gasteiger partial charge in [-0.2, -0.15) is 0 Å². The third kappa shape index (κ3) is 2.46. The first-order chi connectivity index (χ1) is 5.59. The molecule has 12 heavy (non-hydrogen) atoms. The molecule has 1 saturated heterocycles. The molecule has 1 aliphatic heterocycles. The second-order valence-electron chi connectivity index (χ2n) is 3.47. The molecule has 1 aliphatic rings. The van der Waals surface area contributed by atoms with E-state index < -0.39 is 0 Å². The lowest BCUT2D eigenvalue weighted by molar-refractivity contribution is -0.129. The highest BCUT2D eigenvalue weighted by atomic mass is 16.3. The molecule has 0 aromatic heterocycles. The molecule has 4 heteroatoms. The Kier molecular flexibility index (Phi) is 3.05. The fourth-order valence-electron chi connectivity index (χ4n) is 1.29. The quantitative estimate of drug-likeness (QED) is 0.589. The van der Waals surface area contributed by atoms with Gasteiger partial charge >= 0.3 is 0 Å². The molecule has 0 aromatic rings. The van der Waals surface area contributed by atoms with E-state index in [0.29, 0.717) is 13.1 Å². The number of carbonyl (C=O) groups is 1. The van der Waals surface area contributed by atoms with Gasteiger partial charge in [0.05, 0.1) is 12.6 Å². The second kappa shape index (κ2) is 3.87. The SMILES string of the molecule is CN(C)C(=O)CN1CC[C@H](O)C1. The number of likely N-dealkylation sites (N-methyl/N-ethyl adjacent to an activating group) is 1. The summed E-state index contributed by atoms with van der Waals surface area (Å²) in [7, 11) is 3.49. The smallest absolute Gasteiger partial charge is 0.236 e. The Morgan fingerprint density at radius 2 is 2.33 bits per heavy atom. The summed E-state index contributed by atoms with van der Waals surface area (Å²) in [5.41, 5.74) is 0. The molecule has 0 aromatic carbocycles. The highest BCUT2D eigenvalue weighted by Gasteiger charge is 2.22. The molecule has 70 valence electrons. The normalized spacial score (nSPS) is 24.4. The standard InChI is InChI=1S/C8H16N2O2/c1-9(2)8(12)6-10-4-3-7(11)5-10/h7,11H,3-6H2,1-2H3/t7-/m0/s1. The van der Waals surface area contributed by atoms with Gasteiger partial charge in [0, 0.05) is 27.2 Å². The van der Waals surface area contributed by atoms with Crippen molar-refractivity contribution in [2.45, 2.75) is 12.5 Å². The van der Waals surface area contributed by atoms with Crippen molar-refractivity contribution in [3.8, 4) is 0 Å². The van der Waals surface area contributed by atoms with Gasteiger partial charge in [0.2, 0.25) is 5.91 Å². The van der Waals surface area contributed by atoms with Crippen LogP contribution in [0.25, 0.3) is 0 Å². The summed E-state index contributed by atoms with van der Waals surface area (Å²) in [5, 5.41) is 9.18. The highest BCUT2D eigenvalue weighted by Crippen LogP contribution is 2.07. The minimum Gasteiger partial charge on any atom is -0.392 e. The molecule has 4 nitrogen and oxygen atoms in total. The summed E-state index contributed by atoms with van der Waals surface area (Å²) in [6.07, 6.45) is 0.556. The van der Waals surface area contributed by atoms with Gasteiger partial charge in [0.25, 0.3) is 0 Å². The molecule has 0 unspecified atom stereocenters. The zero-order valence-electron chi connectivity index (χ0n) is 7.66. The van der Waals surface area contributed by atoms with Crippen LogP contribution >= 0.6 is 0 Å². The summed E-state index contributed by atoms with van der Waals surface area (Å²) in [6, 6.07) is 0. The summed E-state index contributed by atoms with van der Waals surface area (Å²) in [4.78, 5) is 14.8. The van der Waals surface area contributed by atoms with Gasteiger partial charge in [0.1, 0.15) is 0 Å². The first-order valence-electron chi connectivity index (χ1n) is 4.20. The number of likely N-dealkylation sites (tertiary alicyclic amines) is 1. The number of nitrogens with zero attached hydrogens (tertiary/aromatic N) is 2. The third-order valence-electron chi connectivity index (χ3n) is 2.11. The summed E-state index contributed by atoms with van der Waals surface area (Å²) in [5.74, 6) is 0.101. The van der Waals surface area contributed by atoms with Crippen molar-refractivity contribution in [3.63, 3.8) is 0 Å². The van der Waals surface area contributed by atoms with Crippen LogP contribution in [0, 0.1) is 0 Å². The maximum absolute atomic E-state index is 11.2. The van der Waals surface area contributed by atoms with Gasteiger partial charge in [-0.05, 0) is 6.42 Å². The van der Waals surface area contributed by atoms with Gasteiger partial charge < -0.3 is 10.0 Å². The minimum atomic E-state index is -0.236. The minimum absolute atomic E-state index is 0.101. The second-order valence-corrected chi connectivity index (χ2v) is 3.47. The monoisotopic (exact) mass is 172 g/mol. The van der Waals surface area contributed by atoms with Crippen LogP contribution in [0.2, 0.25) is 0 Å².